The number of rotatable bonds is 18. The first kappa shape index (κ1) is 27.9. The molecule has 0 saturated heterocycles. The van der Waals surface area contributed by atoms with Crippen LogP contribution < -0.4 is 5.32 Å². The number of carbonyl (C=O) groups excluding carboxylic acids is 2. The van der Waals surface area contributed by atoms with Crippen molar-refractivity contribution in [3.63, 3.8) is 0 Å². The number of benzene rings is 1. The van der Waals surface area contributed by atoms with Gasteiger partial charge < -0.3 is 15.2 Å². The molecule has 0 heterocycles. The predicted octanol–water partition coefficient (Wildman–Crippen LogP) is 5.85. The maximum absolute atomic E-state index is 12.4. The number of aliphatic hydroxyl groups excluding tert-OH is 1. The van der Waals surface area contributed by atoms with E-state index in [1.165, 1.54) is 38.2 Å². The maximum Gasteiger partial charge on any atom is 0.330 e. The molecule has 0 saturated carbocycles. The van der Waals surface area contributed by atoms with Gasteiger partial charge >= 0.3 is 5.97 Å². The van der Waals surface area contributed by atoms with E-state index in [4.69, 9.17) is 4.74 Å². The molecule has 0 fully saturated rings. The largest absolute Gasteiger partial charge is 0.458 e. The van der Waals surface area contributed by atoms with Crippen molar-refractivity contribution in [1.29, 1.82) is 0 Å². The van der Waals surface area contributed by atoms with E-state index in [0.29, 0.717) is 6.42 Å². The molecule has 0 aliphatic carbocycles. The van der Waals surface area contributed by atoms with Crippen LogP contribution in [0.5, 0.6) is 0 Å². The van der Waals surface area contributed by atoms with Gasteiger partial charge in [-0.1, -0.05) is 114 Å². The molecule has 1 amide bonds. The Labute approximate surface area is 194 Å². The predicted molar refractivity (Wildman–Crippen MR) is 130 cm³/mol. The van der Waals surface area contributed by atoms with Crippen LogP contribution in [0.15, 0.2) is 42.5 Å². The molecule has 0 radical (unpaired) electrons. The quantitative estimate of drug-likeness (QED) is 0.169. The summed E-state index contributed by atoms with van der Waals surface area (Å²) in [6.45, 7) is 4.51. The fourth-order valence-corrected chi connectivity index (χ4v) is 3.49. The minimum absolute atomic E-state index is 0.216. The third-order valence-electron chi connectivity index (χ3n) is 5.52. The molecule has 2 atom stereocenters. The normalized spacial score (nSPS) is 13.1. The molecule has 2 N–H and O–H groups in total. The van der Waals surface area contributed by atoms with E-state index in [9.17, 15) is 14.7 Å². The van der Waals surface area contributed by atoms with Gasteiger partial charge in [0.2, 0.25) is 5.91 Å². The average Bonchev–Trinajstić information content (AvgIpc) is 2.81. The van der Waals surface area contributed by atoms with Crippen molar-refractivity contribution in [1.82, 2.24) is 5.32 Å². The Morgan fingerprint density at radius 1 is 0.906 bits per heavy atom. The molecular weight excluding hydrogens is 402 g/mol. The van der Waals surface area contributed by atoms with Crippen molar-refractivity contribution in [2.75, 3.05) is 0 Å². The number of unbranched alkanes of at least 4 members (excludes halogenated alkanes) is 8. The van der Waals surface area contributed by atoms with Gasteiger partial charge in [-0.15, -0.1) is 0 Å². The molecule has 0 aromatic heterocycles. The molecule has 1 aromatic carbocycles. The number of amides is 1. The molecule has 0 aliphatic heterocycles. The zero-order chi connectivity index (χ0) is 23.4. The van der Waals surface area contributed by atoms with Gasteiger partial charge in [-0.2, -0.15) is 0 Å². The van der Waals surface area contributed by atoms with Gasteiger partial charge in [0.05, 0.1) is 0 Å². The standard InChI is InChI=1S/C27H43NO4/c1-3-5-7-8-9-10-11-15-19-25(29)27(31)28-24(18-6-4-2)20-21-26(30)32-22-23-16-13-12-14-17-23/h12-14,16-17,20-21,24-25,29H,3-11,15,18-19,22H2,1-2H3,(H,28,31)/b21-20+/t24-,25?/m1/s1. The molecule has 0 aliphatic rings. The Hall–Kier alpha value is -2.14. The van der Waals surface area contributed by atoms with Crippen molar-refractivity contribution >= 4 is 11.9 Å². The van der Waals surface area contributed by atoms with Crippen LogP contribution in [-0.2, 0) is 20.9 Å². The highest BCUT2D eigenvalue weighted by atomic mass is 16.5. The lowest BCUT2D eigenvalue weighted by Crippen LogP contribution is -2.40. The van der Waals surface area contributed by atoms with E-state index in [1.807, 2.05) is 30.3 Å². The topological polar surface area (TPSA) is 75.6 Å². The number of aliphatic hydroxyl groups is 1. The van der Waals surface area contributed by atoms with Crippen molar-refractivity contribution in [2.24, 2.45) is 0 Å². The molecule has 32 heavy (non-hydrogen) atoms. The minimum Gasteiger partial charge on any atom is -0.458 e. The van der Waals surface area contributed by atoms with E-state index in [0.717, 1.165) is 44.1 Å². The second-order valence-corrected chi connectivity index (χ2v) is 8.49. The van der Waals surface area contributed by atoms with Gasteiger partial charge in [-0.3, -0.25) is 4.79 Å². The van der Waals surface area contributed by atoms with Crippen LogP contribution in [0.3, 0.4) is 0 Å². The smallest absolute Gasteiger partial charge is 0.330 e. The highest BCUT2D eigenvalue weighted by Gasteiger charge is 2.17. The maximum atomic E-state index is 12.4. The molecule has 1 rings (SSSR count). The van der Waals surface area contributed by atoms with Gasteiger partial charge in [0.15, 0.2) is 0 Å². The Balaban J connectivity index is 2.35. The summed E-state index contributed by atoms with van der Waals surface area (Å²) in [6.07, 6.45) is 14.5. The second kappa shape index (κ2) is 18.4. The van der Waals surface area contributed by atoms with Crippen LogP contribution in [0.1, 0.15) is 96.5 Å². The van der Waals surface area contributed by atoms with Crippen molar-refractivity contribution < 1.29 is 19.4 Å². The SMILES string of the molecule is CCCCCCCCCCC(O)C(=O)N[C@@H](/C=C/C(=O)OCc1ccccc1)CCCC. The van der Waals surface area contributed by atoms with Crippen LogP contribution in [0.4, 0.5) is 0 Å². The van der Waals surface area contributed by atoms with Crippen LogP contribution in [0.2, 0.25) is 0 Å². The molecule has 5 nitrogen and oxygen atoms in total. The highest BCUT2D eigenvalue weighted by molar-refractivity contribution is 5.83. The van der Waals surface area contributed by atoms with Gasteiger partial charge in [0, 0.05) is 12.1 Å². The number of hydrogen-bond acceptors (Lipinski definition) is 4. The van der Waals surface area contributed by atoms with E-state index in [2.05, 4.69) is 19.2 Å². The van der Waals surface area contributed by atoms with Crippen LogP contribution in [0, 0.1) is 0 Å². The van der Waals surface area contributed by atoms with Crippen LogP contribution in [0.25, 0.3) is 0 Å². The van der Waals surface area contributed by atoms with Gasteiger partial charge in [-0.05, 0) is 18.4 Å². The molecule has 5 heteroatoms. The summed E-state index contributed by atoms with van der Waals surface area (Å²) >= 11 is 0. The zero-order valence-corrected chi connectivity index (χ0v) is 20.1. The third-order valence-corrected chi connectivity index (χ3v) is 5.52. The van der Waals surface area contributed by atoms with Crippen molar-refractivity contribution in [3.8, 4) is 0 Å². The number of esters is 1. The minimum atomic E-state index is -1.00. The van der Waals surface area contributed by atoms with Crippen LogP contribution in [-0.4, -0.2) is 29.1 Å². The summed E-state index contributed by atoms with van der Waals surface area (Å²) in [5.41, 5.74) is 0.925. The summed E-state index contributed by atoms with van der Waals surface area (Å²) in [4.78, 5) is 24.4. The van der Waals surface area contributed by atoms with E-state index in [1.54, 1.807) is 6.08 Å². The monoisotopic (exact) mass is 445 g/mol. The molecule has 1 unspecified atom stereocenters. The van der Waals surface area contributed by atoms with Crippen molar-refractivity contribution in [2.45, 2.75) is 110 Å². The van der Waals surface area contributed by atoms with E-state index < -0.39 is 12.1 Å². The first-order valence-corrected chi connectivity index (χ1v) is 12.4. The summed E-state index contributed by atoms with van der Waals surface area (Å²) < 4.78 is 5.25. The number of hydrogen-bond donors (Lipinski definition) is 2. The molecule has 0 bridgehead atoms. The van der Waals surface area contributed by atoms with Crippen molar-refractivity contribution in [3.05, 3.63) is 48.0 Å². The molecular formula is C27H43NO4. The summed E-state index contributed by atoms with van der Waals surface area (Å²) in [6, 6.07) is 9.21. The lowest BCUT2D eigenvalue weighted by molar-refractivity contribution is -0.139. The van der Waals surface area contributed by atoms with E-state index >= 15 is 0 Å². The first-order valence-electron chi connectivity index (χ1n) is 12.4. The van der Waals surface area contributed by atoms with Gasteiger partial charge in [-0.25, -0.2) is 4.79 Å². The Morgan fingerprint density at radius 2 is 1.53 bits per heavy atom. The van der Waals surface area contributed by atoms with Gasteiger partial charge in [0.25, 0.3) is 0 Å². The van der Waals surface area contributed by atoms with E-state index in [-0.39, 0.29) is 18.6 Å². The van der Waals surface area contributed by atoms with Gasteiger partial charge in [0.1, 0.15) is 12.7 Å². The fraction of sp³-hybridized carbons (Fsp3) is 0.630. The Kier molecular flexibility index (Phi) is 16.1. The lowest BCUT2D eigenvalue weighted by atomic mass is 10.0. The van der Waals surface area contributed by atoms with Crippen LogP contribution >= 0.6 is 0 Å². The molecule has 1 aromatic rings. The highest BCUT2D eigenvalue weighted by Crippen LogP contribution is 2.11. The molecule has 0 spiro atoms. The number of nitrogens with one attached hydrogen (secondary N) is 1. The summed E-state index contributed by atoms with van der Waals surface area (Å²) in [5.74, 6) is -0.805. The fourth-order valence-electron chi connectivity index (χ4n) is 3.49. The Morgan fingerprint density at radius 3 is 2.19 bits per heavy atom. The molecule has 180 valence electrons. The summed E-state index contributed by atoms with van der Waals surface area (Å²) in [5, 5.41) is 13.1. The first-order chi connectivity index (χ1) is 15.6. The lowest BCUT2D eigenvalue weighted by Gasteiger charge is -2.18. The number of carbonyl (C=O) groups is 2. The summed E-state index contributed by atoms with van der Waals surface area (Å²) in [7, 11) is 0. The zero-order valence-electron chi connectivity index (χ0n) is 20.1. The third kappa shape index (κ3) is 14.0. The number of ether oxygens (including phenoxy) is 1. The second-order valence-electron chi connectivity index (χ2n) is 8.49. The Bertz CT molecular complexity index is 644. The average molecular weight is 446 g/mol.